The summed E-state index contributed by atoms with van der Waals surface area (Å²) in [4.78, 5) is 43.0. The van der Waals surface area contributed by atoms with Gasteiger partial charge in [0.2, 0.25) is 0 Å². The molecule has 0 radical (unpaired) electrons. The number of carbonyl (C=O) groups is 3. The molecule has 5 amide bonds. The van der Waals surface area contributed by atoms with Gasteiger partial charge in [0.15, 0.2) is 0 Å². The molecule has 11 heteroatoms. The predicted molar refractivity (Wildman–Crippen MR) is 172 cm³/mol. The molecule has 248 valence electrons. The van der Waals surface area contributed by atoms with Gasteiger partial charge in [-0.25, -0.2) is 9.59 Å². The molecule has 1 saturated carbocycles. The maximum Gasteiger partial charge on any atom is 0.319 e. The van der Waals surface area contributed by atoms with E-state index < -0.39 is 6.04 Å². The lowest BCUT2D eigenvalue weighted by Crippen LogP contribution is -2.49. The Morgan fingerprint density at radius 3 is 2.45 bits per heavy atom. The molecule has 4 N–H and O–H groups in total. The van der Waals surface area contributed by atoms with Crippen molar-refractivity contribution < 1.29 is 29.0 Å². The van der Waals surface area contributed by atoms with Gasteiger partial charge in [-0.05, 0) is 78.0 Å². The van der Waals surface area contributed by atoms with Crippen LogP contribution in [-0.4, -0.2) is 96.6 Å². The van der Waals surface area contributed by atoms with Crippen LogP contribution in [0.2, 0.25) is 0 Å². The van der Waals surface area contributed by atoms with E-state index in [1.54, 1.807) is 42.0 Å². The van der Waals surface area contributed by atoms with Gasteiger partial charge in [0.1, 0.15) is 5.75 Å². The Balaban J connectivity index is 1.88. The molecule has 3 rings (SSSR count). The molecule has 1 aromatic carbocycles. The second-order valence-corrected chi connectivity index (χ2v) is 12.9. The fourth-order valence-electron chi connectivity index (χ4n) is 5.77. The number of hydrogen-bond acceptors (Lipinski definition) is 6. The molecule has 1 heterocycles. The highest BCUT2D eigenvalue weighted by Gasteiger charge is 2.31. The fourth-order valence-corrected chi connectivity index (χ4v) is 5.77. The molecule has 0 unspecified atom stereocenters. The number of anilines is 1. The summed E-state index contributed by atoms with van der Waals surface area (Å²) in [5.41, 5.74) is 0.814. The van der Waals surface area contributed by atoms with Gasteiger partial charge in [-0.3, -0.25) is 4.79 Å². The lowest BCUT2D eigenvalue weighted by Gasteiger charge is -2.36. The number of hydrogen-bond donors (Lipinski definition) is 4. The number of rotatable bonds is 7. The second kappa shape index (κ2) is 17.4. The Labute approximate surface area is 263 Å². The van der Waals surface area contributed by atoms with E-state index in [1.165, 1.54) is 6.42 Å². The molecule has 0 bridgehead atoms. The number of carbonyl (C=O) groups excluding carboxylic acids is 3. The zero-order valence-corrected chi connectivity index (χ0v) is 27.6. The first kappa shape index (κ1) is 35.4. The van der Waals surface area contributed by atoms with Crippen LogP contribution in [0.5, 0.6) is 5.75 Å². The van der Waals surface area contributed by atoms with Crippen LogP contribution in [0.3, 0.4) is 0 Å². The molecule has 1 aromatic rings. The van der Waals surface area contributed by atoms with Gasteiger partial charge in [0, 0.05) is 50.4 Å². The highest BCUT2D eigenvalue weighted by Crippen LogP contribution is 2.29. The molecule has 1 aliphatic carbocycles. The third-order valence-electron chi connectivity index (χ3n) is 8.46. The molecule has 0 aromatic heterocycles. The summed E-state index contributed by atoms with van der Waals surface area (Å²) in [5, 5.41) is 19.0. The number of amides is 5. The summed E-state index contributed by atoms with van der Waals surface area (Å²) in [7, 11) is 1.74. The molecule has 0 spiro atoms. The number of aliphatic hydroxyl groups excluding tert-OH is 1. The van der Waals surface area contributed by atoms with Crippen molar-refractivity contribution in [3.8, 4) is 5.75 Å². The maximum atomic E-state index is 14.3. The van der Waals surface area contributed by atoms with Crippen molar-refractivity contribution in [1.29, 1.82) is 0 Å². The van der Waals surface area contributed by atoms with Crippen molar-refractivity contribution in [2.24, 2.45) is 5.92 Å². The second-order valence-electron chi connectivity index (χ2n) is 12.9. The molecule has 2 aliphatic rings. The maximum absolute atomic E-state index is 14.3. The van der Waals surface area contributed by atoms with E-state index in [1.807, 2.05) is 27.7 Å². The van der Waals surface area contributed by atoms with Gasteiger partial charge in [0.25, 0.3) is 5.91 Å². The van der Waals surface area contributed by atoms with Crippen molar-refractivity contribution >= 4 is 23.7 Å². The topological polar surface area (TPSA) is 132 Å². The van der Waals surface area contributed by atoms with Crippen LogP contribution in [0.25, 0.3) is 0 Å². The van der Waals surface area contributed by atoms with Crippen LogP contribution in [-0.2, 0) is 4.74 Å². The lowest BCUT2D eigenvalue weighted by atomic mass is 9.96. The Kier molecular flexibility index (Phi) is 14.0. The van der Waals surface area contributed by atoms with Crippen LogP contribution in [0.1, 0.15) is 96.3 Å². The SMILES string of the molecule is CC(C)NC(=O)N(C)C[C@@H]1OCCCC[C@H](C)Oc2ccc(NC(=O)NC3CCCCC3)cc2C(=O)N([C@H](C)CO)C[C@@H]1C. The number of likely N-dealkylation sites (N-methyl/N-ethyl adjacent to an activating group) is 1. The van der Waals surface area contributed by atoms with Crippen molar-refractivity contribution in [3.63, 3.8) is 0 Å². The molecule has 1 fully saturated rings. The first-order valence-electron chi connectivity index (χ1n) is 16.4. The Bertz CT molecular complexity index is 1080. The van der Waals surface area contributed by atoms with Crippen molar-refractivity contribution in [2.75, 3.05) is 38.7 Å². The van der Waals surface area contributed by atoms with E-state index in [0.29, 0.717) is 36.7 Å². The minimum atomic E-state index is -0.489. The number of aliphatic hydroxyl groups is 1. The number of fused-ring (bicyclic) bond motifs is 1. The molecular formula is C33H55N5O6. The van der Waals surface area contributed by atoms with E-state index in [9.17, 15) is 19.5 Å². The molecule has 44 heavy (non-hydrogen) atoms. The number of ether oxygens (including phenoxy) is 2. The highest BCUT2D eigenvalue weighted by atomic mass is 16.5. The van der Waals surface area contributed by atoms with Crippen LogP contribution in [0.4, 0.5) is 15.3 Å². The Hall–Kier alpha value is -3.05. The van der Waals surface area contributed by atoms with Gasteiger partial charge in [-0.15, -0.1) is 0 Å². The third-order valence-corrected chi connectivity index (χ3v) is 8.46. The van der Waals surface area contributed by atoms with Gasteiger partial charge in [0.05, 0.1) is 30.4 Å². The summed E-state index contributed by atoms with van der Waals surface area (Å²) in [6.07, 6.45) is 7.36. The number of benzene rings is 1. The van der Waals surface area contributed by atoms with Crippen LogP contribution >= 0.6 is 0 Å². The van der Waals surface area contributed by atoms with Gasteiger partial charge in [-0.2, -0.15) is 0 Å². The average molecular weight is 618 g/mol. The van der Waals surface area contributed by atoms with E-state index >= 15 is 0 Å². The quantitative estimate of drug-likeness (QED) is 0.341. The zero-order chi connectivity index (χ0) is 32.2. The number of nitrogens with one attached hydrogen (secondary N) is 3. The zero-order valence-electron chi connectivity index (χ0n) is 27.6. The largest absolute Gasteiger partial charge is 0.490 e. The van der Waals surface area contributed by atoms with Gasteiger partial charge in [-0.1, -0.05) is 26.2 Å². The van der Waals surface area contributed by atoms with E-state index in [0.717, 1.165) is 44.9 Å². The van der Waals surface area contributed by atoms with Crippen molar-refractivity contribution in [1.82, 2.24) is 20.4 Å². The van der Waals surface area contributed by atoms with Crippen LogP contribution in [0.15, 0.2) is 18.2 Å². The summed E-state index contributed by atoms with van der Waals surface area (Å²) >= 11 is 0. The normalized spacial score (nSPS) is 23.1. The summed E-state index contributed by atoms with van der Waals surface area (Å²) in [6.45, 7) is 10.6. The van der Waals surface area contributed by atoms with E-state index in [-0.39, 0.29) is 54.8 Å². The van der Waals surface area contributed by atoms with E-state index in [2.05, 4.69) is 16.0 Å². The first-order valence-corrected chi connectivity index (χ1v) is 16.4. The predicted octanol–water partition coefficient (Wildman–Crippen LogP) is 4.99. The average Bonchev–Trinajstić information content (AvgIpc) is 2.98. The van der Waals surface area contributed by atoms with Crippen LogP contribution < -0.4 is 20.7 Å². The smallest absolute Gasteiger partial charge is 0.319 e. The number of nitrogens with zero attached hydrogens (tertiary/aromatic N) is 2. The first-order chi connectivity index (χ1) is 21.0. The van der Waals surface area contributed by atoms with E-state index in [4.69, 9.17) is 9.47 Å². The summed E-state index contributed by atoms with van der Waals surface area (Å²) < 4.78 is 12.6. The van der Waals surface area contributed by atoms with Gasteiger partial charge >= 0.3 is 12.1 Å². The van der Waals surface area contributed by atoms with Crippen LogP contribution in [0, 0.1) is 5.92 Å². The Morgan fingerprint density at radius 2 is 1.77 bits per heavy atom. The minimum Gasteiger partial charge on any atom is -0.490 e. The van der Waals surface area contributed by atoms with Gasteiger partial charge < -0.3 is 40.3 Å². The molecule has 4 atom stereocenters. The standard InChI is InChI=1S/C33H55N5O6/c1-22(2)34-33(42)37(6)20-30-23(3)19-38(24(4)21-39)31(40)28-18-27(36-32(41)35-26-13-8-7-9-14-26)15-16-29(28)44-25(5)12-10-11-17-43-30/h15-16,18,22-26,30,39H,7-14,17,19-21H2,1-6H3,(H,34,42)(H2,35,36,41)/t23-,24+,25-,30-/m0/s1. The molecular weight excluding hydrogens is 562 g/mol. The van der Waals surface area contributed by atoms with Crippen molar-refractivity contribution in [3.05, 3.63) is 23.8 Å². The Morgan fingerprint density at radius 1 is 1.07 bits per heavy atom. The molecule has 1 aliphatic heterocycles. The third kappa shape index (κ3) is 10.8. The molecule has 0 saturated heterocycles. The lowest BCUT2D eigenvalue weighted by molar-refractivity contribution is -0.0122. The minimum absolute atomic E-state index is 0.00722. The summed E-state index contributed by atoms with van der Waals surface area (Å²) in [5.74, 6) is -0.0202. The summed E-state index contributed by atoms with van der Waals surface area (Å²) in [6, 6.07) is 4.36. The van der Waals surface area contributed by atoms with Crippen molar-refractivity contribution in [2.45, 2.75) is 116 Å². The number of urea groups is 2. The fraction of sp³-hybridized carbons (Fsp3) is 0.727. The molecule has 11 nitrogen and oxygen atoms in total. The highest BCUT2D eigenvalue weighted by molar-refractivity contribution is 5.99. The monoisotopic (exact) mass is 617 g/mol.